The van der Waals surface area contributed by atoms with Gasteiger partial charge in [0.25, 0.3) is 5.56 Å². The molecule has 4 rings (SSSR count). The number of aryl methyl sites for hydroxylation is 1. The van der Waals surface area contributed by atoms with E-state index >= 15 is 0 Å². The van der Waals surface area contributed by atoms with Gasteiger partial charge in [-0.2, -0.15) is 0 Å². The normalized spacial score (nSPS) is 11.4. The van der Waals surface area contributed by atoms with Gasteiger partial charge in [-0.05, 0) is 55.0 Å². The van der Waals surface area contributed by atoms with Crippen LogP contribution in [0.15, 0.2) is 70.5 Å². The zero-order valence-electron chi connectivity index (χ0n) is 18.6. The first-order valence-electron chi connectivity index (χ1n) is 10.1. The maximum atomic E-state index is 13.7. The van der Waals surface area contributed by atoms with Crippen LogP contribution in [-0.4, -0.2) is 38.2 Å². The minimum absolute atomic E-state index is 0.0747. The van der Waals surface area contributed by atoms with Gasteiger partial charge in [-0.25, -0.2) is 18.4 Å². The molecular formula is C24H21N3O6S. The van der Waals surface area contributed by atoms with E-state index in [1.807, 2.05) is 0 Å². The number of carbonyl (C=O) groups excluding carboxylic acids is 1. The summed E-state index contributed by atoms with van der Waals surface area (Å²) < 4.78 is 34.7. The Labute approximate surface area is 195 Å². The van der Waals surface area contributed by atoms with Crippen molar-refractivity contribution in [2.45, 2.75) is 11.8 Å². The number of nitrogens with zero attached hydrogens (tertiary/aromatic N) is 2. The maximum Gasteiger partial charge on any atom is 0.340 e. The predicted molar refractivity (Wildman–Crippen MR) is 127 cm³/mol. The highest BCUT2D eigenvalue weighted by Crippen LogP contribution is 2.33. The van der Waals surface area contributed by atoms with Crippen LogP contribution in [0.4, 0.5) is 0 Å². The molecule has 0 saturated carbocycles. The molecule has 9 nitrogen and oxygen atoms in total. The second-order valence-electron chi connectivity index (χ2n) is 7.46. The molecule has 0 aliphatic rings. The third kappa shape index (κ3) is 4.04. The lowest BCUT2D eigenvalue weighted by Gasteiger charge is -2.16. The van der Waals surface area contributed by atoms with E-state index in [2.05, 4.69) is 4.98 Å². The minimum Gasteiger partial charge on any atom is -0.497 e. The van der Waals surface area contributed by atoms with Crippen molar-refractivity contribution in [2.75, 3.05) is 14.2 Å². The van der Waals surface area contributed by atoms with Crippen LogP contribution in [0.2, 0.25) is 0 Å². The van der Waals surface area contributed by atoms with E-state index in [0.29, 0.717) is 33.8 Å². The van der Waals surface area contributed by atoms with E-state index in [0.717, 1.165) is 0 Å². The first-order valence-corrected chi connectivity index (χ1v) is 11.6. The van der Waals surface area contributed by atoms with Crippen molar-refractivity contribution in [1.82, 2.24) is 9.55 Å². The maximum absolute atomic E-state index is 13.7. The number of nitrogens with two attached hydrogens (primary N) is 1. The number of hydrogen-bond donors (Lipinski definition) is 1. The molecule has 0 aliphatic carbocycles. The summed E-state index contributed by atoms with van der Waals surface area (Å²) in [5.74, 6) is -0.00386. The Bertz CT molecular complexity index is 1570. The Hall–Kier alpha value is -4.02. The summed E-state index contributed by atoms with van der Waals surface area (Å²) in [6.45, 7) is 1.68. The van der Waals surface area contributed by atoms with Crippen LogP contribution in [0.3, 0.4) is 0 Å². The van der Waals surface area contributed by atoms with Crippen LogP contribution in [-0.2, 0) is 14.8 Å². The molecule has 0 aliphatic heterocycles. The molecule has 2 heterocycles. The first-order chi connectivity index (χ1) is 16.2. The number of ether oxygens (including phenoxy) is 2. The third-order valence-electron chi connectivity index (χ3n) is 5.43. The Morgan fingerprint density at radius 1 is 1.00 bits per heavy atom. The molecule has 0 spiro atoms. The molecule has 0 fully saturated rings. The lowest BCUT2D eigenvalue weighted by Crippen LogP contribution is -2.21. The van der Waals surface area contributed by atoms with Crippen molar-refractivity contribution in [3.8, 4) is 22.6 Å². The summed E-state index contributed by atoms with van der Waals surface area (Å²) >= 11 is 0. The average Bonchev–Trinajstić information content (AvgIpc) is 2.82. The van der Waals surface area contributed by atoms with E-state index in [1.165, 1.54) is 35.9 Å². The summed E-state index contributed by atoms with van der Waals surface area (Å²) in [6, 6.07) is 14.2. The number of pyridine rings is 2. The molecule has 2 aromatic carbocycles. The molecule has 0 bridgehead atoms. The number of rotatable bonds is 5. The predicted octanol–water partition coefficient (Wildman–Crippen LogP) is 2.80. The fraction of sp³-hybridized carbons (Fsp3) is 0.125. The standard InChI is InChI=1S/C24H21N3O6S/c1-14-20(24(29)33-3)21(15-4-8-17(32-2)9-5-15)22-19(26-14)12-13-27(23(22)28)16-6-10-18(11-7-16)34(25,30)31/h4-13H,1-3H3,(H2,25,30,31). The lowest BCUT2D eigenvalue weighted by atomic mass is 9.95. The number of methoxy groups -OCH3 is 2. The van der Waals surface area contributed by atoms with E-state index in [1.54, 1.807) is 50.6 Å². The van der Waals surface area contributed by atoms with E-state index in [-0.39, 0.29) is 15.8 Å². The first kappa shape index (κ1) is 23.1. The molecule has 0 saturated heterocycles. The van der Waals surface area contributed by atoms with Gasteiger partial charge in [0.1, 0.15) is 5.75 Å². The molecule has 2 aromatic heterocycles. The number of carbonyl (C=O) groups is 1. The third-order valence-corrected chi connectivity index (χ3v) is 6.36. The fourth-order valence-electron chi connectivity index (χ4n) is 3.79. The van der Waals surface area contributed by atoms with Gasteiger partial charge in [-0.1, -0.05) is 12.1 Å². The van der Waals surface area contributed by atoms with Gasteiger partial charge in [-0.3, -0.25) is 14.3 Å². The Kier molecular flexibility index (Phi) is 5.94. The van der Waals surface area contributed by atoms with Gasteiger partial charge in [0.05, 0.1) is 41.3 Å². The zero-order chi connectivity index (χ0) is 24.6. The van der Waals surface area contributed by atoms with Crippen LogP contribution in [0.5, 0.6) is 5.75 Å². The van der Waals surface area contributed by atoms with Gasteiger partial charge in [-0.15, -0.1) is 0 Å². The van der Waals surface area contributed by atoms with Gasteiger partial charge in [0, 0.05) is 17.4 Å². The van der Waals surface area contributed by atoms with Gasteiger partial charge >= 0.3 is 5.97 Å². The highest BCUT2D eigenvalue weighted by molar-refractivity contribution is 7.89. The highest BCUT2D eigenvalue weighted by atomic mass is 32.2. The molecule has 0 amide bonds. The van der Waals surface area contributed by atoms with Crippen LogP contribution in [0.1, 0.15) is 16.1 Å². The van der Waals surface area contributed by atoms with Crippen molar-refractivity contribution >= 4 is 26.9 Å². The fourth-order valence-corrected chi connectivity index (χ4v) is 4.31. The number of hydrogen-bond acceptors (Lipinski definition) is 7. The second kappa shape index (κ2) is 8.73. The van der Waals surface area contributed by atoms with E-state index in [4.69, 9.17) is 14.6 Å². The van der Waals surface area contributed by atoms with E-state index in [9.17, 15) is 18.0 Å². The lowest BCUT2D eigenvalue weighted by molar-refractivity contribution is 0.0600. The molecule has 0 unspecified atom stereocenters. The summed E-state index contributed by atoms with van der Waals surface area (Å²) in [5.41, 5.74) is 1.97. The Morgan fingerprint density at radius 3 is 2.21 bits per heavy atom. The van der Waals surface area contributed by atoms with Crippen LogP contribution in [0.25, 0.3) is 27.7 Å². The molecule has 34 heavy (non-hydrogen) atoms. The summed E-state index contributed by atoms with van der Waals surface area (Å²) in [6.07, 6.45) is 1.54. The number of fused-ring (bicyclic) bond motifs is 1. The largest absolute Gasteiger partial charge is 0.497 e. The van der Waals surface area contributed by atoms with Gasteiger partial charge in [0.15, 0.2) is 0 Å². The Balaban J connectivity index is 2.05. The van der Waals surface area contributed by atoms with E-state index < -0.39 is 21.6 Å². The molecule has 4 aromatic rings. The summed E-state index contributed by atoms with van der Waals surface area (Å²) in [4.78, 5) is 30.8. The summed E-state index contributed by atoms with van der Waals surface area (Å²) in [7, 11) is -1.07. The minimum atomic E-state index is -3.88. The van der Waals surface area contributed by atoms with Crippen molar-refractivity contribution in [3.05, 3.63) is 82.4 Å². The number of primary sulfonamides is 1. The van der Waals surface area contributed by atoms with Gasteiger partial charge in [0.2, 0.25) is 10.0 Å². The number of aromatic nitrogens is 2. The second-order valence-corrected chi connectivity index (χ2v) is 9.02. The smallest absolute Gasteiger partial charge is 0.340 e. The average molecular weight is 480 g/mol. The SMILES string of the molecule is COC(=O)c1c(C)nc2ccn(-c3ccc(S(N)(=O)=O)cc3)c(=O)c2c1-c1ccc(OC)cc1. The number of benzene rings is 2. The zero-order valence-corrected chi connectivity index (χ0v) is 19.4. The van der Waals surface area contributed by atoms with Crippen molar-refractivity contribution in [3.63, 3.8) is 0 Å². The molecular weight excluding hydrogens is 458 g/mol. The monoisotopic (exact) mass is 479 g/mol. The van der Waals surface area contributed by atoms with Crippen LogP contribution in [0, 0.1) is 6.92 Å². The molecule has 0 radical (unpaired) electrons. The highest BCUT2D eigenvalue weighted by Gasteiger charge is 2.24. The van der Waals surface area contributed by atoms with Crippen LogP contribution >= 0.6 is 0 Å². The van der Waals surface area contributed by atoms with Crippen LogP contribution < -0.4 is 15.4 Å². The Morgan fingerprint density at radius 2 is 1.65 bits per heavy atom. The van der Waals surface area contributed by atoms with Crippen molar-refractivity contribution in [1.29, 1.82) is 0 Å². The summed E-state index contributed by atoms with van der Waals surface area (Å²) in [5, 5.41) is 5.39. The number of sulfonamides is 1. The van der Waals surface area contributed by atoms with Gasteiger partial charge < -0.3 is 9.47 Å². The molecule has 10 heteroatoms. The quantitative estimate of drug-likeness (QED) is 0.436. The van der Waals surface area contributed by atoms with Crippen molar-refractivity contribution in [2.24, 2.45) is 5.14 Å². The van der Waals surface area contributed by atoms with Crippen molar-refractivity contribution < 1.29 is 22.7 Å². The number of esters is 1. The molecule has 174 valence electrons. The molecule has 2 N–H and O–H groups in total. The molecule has 0 atom stereocenters. The topological polar surface area (TPSA) is 131 Å².